The second-order valence-electron chi connectivity index (χ2n) is 8.27. The van der Waals surface area contributed by atoms with Crippen molar-refractivity contribution in [3.63, 3.8) is 0 Å². The second kappa shape index (κ2) is 9.31. The van der Waals surface area contributed by atoms with Gasteiger partial charge in [0.1, 0.15) is 12.4 Å². The third-order valence-electron chi connectivity index (χ3n) is 5.92. The van der Waals surface area contributed by atoms with Crippen molar-refractivity contribution in [3.8, 4) is 17.6 Å². The highest BCUT2D eigenvalue weighted by Crippen LogP contribution is 2.54. The molecule has 1 fully saturated rings. The lowest BCUT2D eigenvalue weighted by Gasteiger charge is -2.12. The number of benzene rings is 2. The molecule has 168 valence electrons. The van der Waals surface area contributed by atoms with Crippen molar-refractivity contribution in [1.29, 1.82) is 0 Å². The predicted octanol–water partition coefficient (Wildman–Crippen LogP) is 2.93. The van der Waals surface area contributed by atoms with Crippen LogP contribution in [-0.2, 0) is 22.6 Å². The third-order valence-corrected chi connectivity index (χ3v) is 5.92. The van der Waals surface area contributed by atoms with Crippen LogP contribution in [0.4, 0.5) is 0 Å². The second-order valence-corrected chi connectivity index (χ2v) is 8.27. The lowest BCUT2D eigenvalue weighted by Crippen LogP contribution is -2.24. The Hall–Kier alpha value is -3.89. The van der Waals surface area contributed by atoms with Gasteiger partial charge in [0.15, 0.2) is 0 Å². The molecule has 7 nitrogen and oxygen atoms in total. The Kier molecular flexibility index (Phi) is 6.29. The van der Waals surface area contributed by atoms with E-state index in [1.165, 1.54) is 7.05 Å². The maximum atomic E-state index is 11.9. The zero-order valence-corrected chi connectivity index (χ0v) is 18.5. The van der Waals surface area contributed by atoms with E-state index in [2.05, 4.69) is 22.1 Å². The Morgan fingerprint density at radius 3 is 2.70 bits per heavy atom. The molecule has 0 unspecified atom stereocenters. The van der Waals surface area contributed by atoms with Crippen LogP contribution in [0.25, 0.3) is 10.9 Å². The van der Waals surface area contributed by atoms with Gasteiger partial charge in [-0.25, -0.2) is 5.48 Å². The van der Waals surface area contributed by atoms with Gasteiger partial charge in [0.25, 0.3) is 5.91 Å². The Balaban J connectivity index is 1.46. The minimum atomic E-state index is -0.671. The van der Waals surface area contributed by atoms with Gasteiger partial charge in [0, 0.05) is 29.1 Å². The SMILES string of the molecule is CNC(=O)C#C[C@@]1(Cc2ccc(OCc3cc(C)nc4ccccc34)cc2)C[C@@H]1C(=O)NO. The molecule has 0 radical (unpaired) electrons. The molecule has 3 aromatic rings. The number of aromatic nitrogens is 1. The number of fused-ring (bicyclic) bond motifs is 1. The van der Waals surface area contributed by atoms with Crippen LogP contribution in [0, 0.1) is 30.1 Å². The molecule has 1 aliphatic carbocycles. The summed E-state index contributed by atoms with van der Waals surface area (Å²) in [5.41, 5.74) is 4.95. The largest absolute Gasteiger partial charge is 0.489 e. The molecule has 33 heavy (non-hydrogen) atoms. The van der Waals surface area contributed by atoms with Crippen LogP contribution >= 0.6 is 0 Å². The molecule has 0 aliphatic heterocycles. The Bertz CT molecular complexity index is 1260. The fourth-order valence-corrected chi connectivity index (χ4v) is 4.09. The summed E-state index contributed by atoms with van der Waals surface area (Å²) in [4.78, 5) is 28.1. The van der Waals surface area contributed by atoms with Crippen LogP contribution < -0.4 is 15.5 Å². The van der Waals surface area contributed by atoms with Gasteiger partial charge in [-0.15, -0.1) is 0 Å². The zero-order chi connectivity index (χ0) is 23.4. The van der Waals surface area contributed by atoms with Crippen molar-refractivity contribution < 1.29 is 19.5 Å². The molecule has 7 heteroatoms. The first-order valence-electron chi connectivity index (χ1n) is 10.7. The molecule has 0 saturated heterocycles. The normalized spacial score (nSPS) is 18.7. The third kappa shape index (κ3) is 4.97. The molecule has 1 saturated carbocycles. The van der Waals surface area contributed by atoms with Crippen molar-refractivity contribution in [2.45, 2.75) is 26.4 Å². The predicted molar refractivity (Wildman–Crippen MR) is 123 cm³/mol. The molecule has 0 spiro atoms. The van der Waals surface area contributed by atoms with Gasteiger partial charge in [0.05, 0.1) is 11.4 Å². The number of hydrogen-bond donors (Lipinski definition) is 3. The van der Waals surface area contributed by atoms with Gasteiger partial charge in [-0.1, -0.05) is 36.3 Å². The van der Waals surface area contributed by atoms with Crippen LogP contribution in [0.1, 0.15) is 23.2 Å². The lowest BCUT2D eigenvalue weighted by molar-refractivity contribution is -0.131. The number of rotatable bonds is 6. The number of aryl methyl sites for hydroxylation is 1. The zero-order valence-electron chi connectivity index (χ0n) is 18.5. The minimum absolute atomic E-state index is 0.410. The number of carbonyl (C=O) groups excluding carboxylic acids is 2. The summed E-state index contributed by atoms with van der Waals surface area (Å²) in [7, 11) is 1.50. The summed E-state index contributed by atoms with van der Waals surface area (Å²) in [5, 5.41) is 12.5. The van der Waals surface area contributed by atoms with Gasteiger partial charge < -0.3 is 10.1 Å². The topological polar surface area (TPSA) is 101 Å². The number of ether oxygens (including phenoxy) is 1. The summed E-state index contributed by atoms with van der Waals surface area (Å²) in [5.74, 6) is 4.86. The summed E-state index contributed by atoms with van der Waals surface area (Å²) in [6.45, 7) is 2.39. The van der Waals surface area contributed by atoms with E-state index in [4.69, 9.17) is 9.94 Å². The first-order chi connectivity index (χ1) is 15.9. The number of carbonyl (C=O) groups is 2. The Morgan fingerprint density at radius 2 is 1.97 bits per heavy atom. The van der Waals surface area contributed by atoms with E-state index in [0.29, 0.717) is 19.4 Å². The van der Waals surface area contributed by atoms with Crippen molar-refractivity contribution in [2.24, 2.45) is 11.3 Å². The molecule has 2 amide bonds. The first kappa shape index (κ1) is 22.3. The quantitative estimate of drug-likeness (QED) is 0.309. The van der Waals surface area contributed by atoms with Crippen molar-refractivity contribution in [1.82, 2.24) is 15.8 Å². The standard InChI is InChI=1S/C26H25N3O4/c1-17-13-19(21-5-3-4-6-23(21)28-17)16-33-20-9-7-18(8-10-20)14-26(12-11-24(30)27-2)15-22(26)25(31)29-32/h3-10,13,22,32H,14-16H2,1-2H3,(H,27,30)(H,29,31)/t22-,26-/m1/s1. The number of nitrogens with one attached hydrogen (secondary N) is 2. The maximum Gasteiger partial charge on any atom is 0.295 e. The molecule has 1 heterocycles. The highest BCUT2D eigenvalue weighted by atomic mass is 16.5. The molecule has 2 atom stereocenters. The van der Waals surface area contributed by atoms with E-state index >= 15 is 0 Å². The monoisotopic (exact) mass is 443 g/mol. The van der Waals surface area contributed by atoms with Crippen molar-refractivity contribution in [2.75, 3.05) is 7.05 Å². The fraction of sp³-hybridized carbons (Fsp3) is 0.269. The minimum Gasteiger partial charge on any atom is -0.489 e. The van der Waals surface area contributed by atoms with Gasteiger partial charge in [-0.05, 0) is 55.5 Å². The van der Waals surface area contributed by atoms with Crippen LogP contribution in [0.3, 0.4) is 0 Å². The number of nitrogens with zero attached hydrogens (tertiary/aromatic N) is 1. The number of para-hydroxylation sites is 1. The van der Waals surface area contributed by atoms with E-state index in [1.807, 2.05) is 61.5 Å². The Labute approximate surface area is 192 Å². The van der Waals surface area contributed by atoms with Gasteiger partial charge >= 0.3 is 0 Å². The number of amides is 2. The van der Waals surface area contributed by atoms with Crippen LogP contribution in [0.15, 0.2) is 54.6 Å². The van der Waals surface area contributed by atoms with Gasteiger partial charge in [-0.2, -0.15) is 0 Å². The Morgan fingerprint density at radius 1 is 1.21 bits per heavy atom. The van der Waals surface area contributed by atoms with E-state index in [0.717, 1.165) is 33.5 Å². The number of hydrogen-bond acceptors (Lipinski definition) is 5. The molecule has 0 bridgehead atoms. The molecule has 2 aromatic carbocycles. The van der Waals surface area contributed by atoms with Crippen LogP contribution in [0.2, 0.25) is 0 Å². The lowest BCUT2D eigenvalue weighted by atomic mass is 9.94. The maximum absolute atomic E-state index is 11.9. The highest BCUT2D eigenvalue weighted by Gasteiger charge is 2.57. The highest BCUT2D eigenvalue weighted by molar-refractivity contribution is 5.94. The smallest absolute Gasteiger partial charge is 0.295 e. The summed E-state index contributed by atoms with van der Waals surface area (Å²) >= 11 is 0. The molecule has 1 aromatic heterocycles. The fourth-order valence-electron chi connectivity index (χ4n) is 4.09. The van der Waals surface area contributed by atoms with E-state index in [1.54, 1.807) is 5.48 Å². The molecular formula is C26H25N3O4. The summed E-state index contributed by atoms with van der Waals surface area (Å²) in [6.07, 6.45) is 0.972. The average molecular weight is 444 g/mol. The van der Waals surface area contributed by atoms with Gasteiger partial charge in [-0.3, -0.25) is 19.8 Å². The van der Waals surface area contributed by atoms with Crippen molar-refractivity contribution >= 4 is 22.7 Å². The molecule has 3 N–H and O–H groups in total. The summed E-state index contributed by atoms with van der Waals surface area (Å²) in [6, 6.07) is 17.7. The van der Waals surface area contributed by atoms with E-state index in [9.17, 15) is 9.59 Å². The van der Waals surface area contributed by atoms with Crippen LogP contribution in [-0.4, -0.2) is 29.1 Å². The molecule has 4 rings (SSSR count). The van der Waals surface area contributed by atoms with Crippen LogP contribution in [0.5, 0.6) is 5.75 Å². The summed E-state index contributed by atoms with van der Waals surface area (Å²) < 4.78 is 6.02. The first-order valence-corrected chi connectivity index (χ1v) is 10.7. The number of pyridine rings is 1. The van der Waals surface area contributed by atoms with E-state index in [-0.39, 0.29) is 0 Å². The number of hydroxylamine groups is 1. The molecular weight excluding hydrogens is 418 g/mol. The molecule has 1 aliphatic rings. The van der Waals surface area contributed by atoms with E-state index < -0.39 is 23.1 Å². The van der Waals surface area contributed by atoms with Crippen molar-refractivity contribution in [3.05, 3.63) is 71.4 Å². The average Bonchev–Trinajstić information content (AvgIpc) is 3.55. The van der Waals surface area contributed by atoms with Gasteiger partial charge in [0.2, 0.25) is 5.91 Å².